The van der Waals surface area contributed by atoms with E-state index >= 15 is 0 Å². The van der Waals surface area contributed by atoms with Crippen LogP contribution in [-0.2, 0) is 10.2 Å². The largest absolute Gasteiger partial charge is 0.304 e. The molecule has 7 heteroatoms. The maximum atomic E-state index is 12.6. The summed E-state index contributed by atoms with van der Waals surface area (Å²) in [5.74, 6) is 0.554. The van der Waals surface area contributed by atoms with Gasteiger partial charge in [-0.15, -0.1) is 0 Å². The molecule has 1 saturated carbocycles. The molecule has 0 N–H and O–H groups in total. The van der Waals surface area contributed by atoms with Gasteiger partial charge in [-0.05, 0) is 45.7 Å². The van der Waals surface area contributed by atoms with Crippen molar-refractivity contribution in [2.24, 2.45) is 5.92 Å². The van der Waals surface area contributed by atoms with E-state index in [-0.39, 0.29) is 6.04 Å². The van der Waals surface area contributed by atoms with Gasteiger partial charge in [0.1, 0.15) is 0 Å². The van der Waals surface area contributed by atoms with Crippen molar-refractivity contribution in [3.8, 4) is 0 Å². The van der Waals surface area contributed by atoms with Gasteiger partial charge in [-0.25, -0.2) is 0 Å². The lowest BCUT2D eigenvalue weighted by molar-refractivity contribution is 0.151. The zero-order valence-corrected chi connectivity index (χ0v) is 15.3. The lowest BCUT2D eigenvalue weighted by Gasteiger charge is -2.33. The summed E-state index contributed by atoms with van der Waals surface area (Å²) < 4.78 is 28.2. The molecule has 0 unspecified atom stereocenters. The number of nitrogens with zero attached hydrogens (tertiary/aromatic N) is 4. The molecule has 1 aliphatic carbocycles. The van der Waals surface area contributed by atoms with E-state index in [0.717, 1.165) is 52.0 Å². The maximum absolute atomic E-state index is 12.6. The van der Waals surface area contributed by atoms with Gasteiger partial charge in [0.25, 0.3) is 10.2 Å². The summed E-state index contributed by atoms with van der Waals surface area (Å²) in [6, 6.07) is 0.116. The lowest BCUT2D eigenvalue weighted by atomic mass is 10.2. The Hall–Kier alpha value is -0.210. The van der Waals surface area contributed by atoms with Gasteiger partial charge in [-0.1, -0.05) is 0 Å². The summed E-state index contributed by atoms with van der Waals surface area (Å²) in [6.45, 7) is 7.99. The van der Waals surface area contributed by atoms with E-state index < -0.39 is 10.2 Å². The molecule has 130 valence electrons. The topological polar surface area (TPSA) is 47.1 Å². The van der Waals surface area contributed by atoms with Gasteiger partial charge < -0.3 is 9.80 Å². The molecule has 6 nitrogen and oxygen atoms in total. The Morgan fingerprint density at radius 2 is 1.73 bits per heavy atom. The molecule has 0 aromatic carbocycles. The first-order valence-electron chi connectivity index (χ1n) is 8.42. The Kier molecular flexibility index (Phi) is 6.24. The minimum absolute atomic E-state index is 0.116. The van der Waals surface area contributed by atoms with Crippen LogP contribution in [0.25, 0.3) is 0 Å². The number of rotatable bonds is 8. The lowest BCUT2D eigenvalue weighted by Crippen LogP contribution is -2.47. The average molecular weight is 333 g/mol. The van der Waals surface area contributed by atoms with Crippen LogP contribution in [0.1, 0.15) is 26.2 Å². The molecule has 1 heterocycles. The molecule has 2 fully saturated rings. The minimum Gasteiger partial charge on any atom is -0.304 e. The molecule has 0 amide bonds. The van der Waals surface area contributed by atoms with Crippen LogP contribution in [0.5, 0.6) is 0 Å². The Labute approximate surface area is 136 Å². The third-order valence-electron chi connectivity index (χ3n) is 5.18. The first-order valence-corrected chi connectivity index (χ1v) is 9.82. The minimum atomic E-state index is -3.32. The number of hydrogen-bond acceptors (Lipinski definition) is 4. The van der Waals surface area contributed by atoms with E-state index in [1.807, 2.05) is 6.92 Å². The van der Waals surface area contributed by atoms with Crippen LogP contribution in [0.3, 0.4) is 0 Å². The molecule has 2 rings (SSSR count). The van der Waals surface area contributed by atoms with Crippen molar-refractivity contribution in [3.05, 3.63) is 0 Å². The molecule has 0 radical (unpaired) electrons. The average Bonchev–Trinajstić information content (AvgIpc) is 3.32. The Balaban J connectivity index is 1.74. The van der Waals surface area contributed by atoms with E-state index in [9.17, 15) is 8.42 Å². The van der Waals surface area contributed by atoms with Gasteiger partial charge in [0.05, 0.1) is 0 Å². The molecule has 22 heavy (non-hydrogen) atoms. The third-order valence-corrected chi connectivity index (χ3v) is 7.21. The van der Waals surface area contributed by atoms with Crippen LogP contribution in [0.15, 0.2) is 0 Å². The van der Waals surface area contributed by atoms with Gasteiger partial charge in [-0.3, -0.25) is 0 Å². The van der Waals surface area contributed by atoms with Gasteiger partial charge in [-0.2, -0.15) is 17.0 Å². The Morgan fingerprint density at radius 1 is 1.14 bits per heavy atom. The van der Waals surface area contributed by atoms with E-state index in [1.54, 1.807) is 18.4 Å². The molecule has 0 aromatic rings. The van der Waals surface area contributed by atoms with Crippen LogP contribution in [0.2, 0.25) is 0 Å². The van der Waals surface area contributed by atoms with Gasteiger partial charge in [0, 0.05) is 52.9 Å². The standard InChI is InChI=1S/C15H32N4O2S/c1-14(15-6-7-15)18(4)22(20,21)17(3)8-5-9-19-12-10-16(2)11-13-19/h14-15H,5-13H2,1-4H3/t14-/m1/s1. The first kappa shape index (κ1) is 18.1. The van der Waals surface area contributed by atoms with Crippen LogP contribution >= 0.6 is 0 Å². The van der Waals surface area contributed by atoms with Crippen LogP contribution in [0, 0.1) is 5.92 Å². The third kappa shape index (κ3) is 4.64. The molecule has 2 aliphatic rings. The second-order valence-electron chi connectivity index (χ2n) is 6.92. The quantitative estimate of drug-likeness (QED) is 0.651. The summed E-state index contributed by atoms with van der Waals surface area (Å²) in [7, 11) is 2.25. The maximum Gasteiger partial charge on any atom is 0.281 e. The molecule has 1 atom stereocenters. The summed E-state index contributed by atoms with van der Waals surface area (Å²) in [4.78, 5) is 4.76. The summed E-state index contributed by atoms with van der Waals surface area (Å²) in [5.41, 5.74) is 0. The van der Waals surface area contributed by atoms with Crippen molar-refractivity contribution in [3.63, 3.8) is 0 Å². The van der Waals surface area contributed by atoms with Crippen molar-refractivity contribution >= 4 is 10.2 Å². The van der Waals surface area contributed by atoms with Gasteiger partial charge in [0.15, 0.2) is 0 Å². The summed E-state index contributed by atoms with van der Waals surface area (Å²) >= 11 is 0. The van der Waals surface area contributed by atoms with Crippen molar-refractivity contribution in [1.29, 1.82) is 0 Å². The van der Waals surface area contributed by atoms with Gasteiger partial charge >= 0.3 is 0 Å². The van der Waals surface area contributed by atoms with E-state index in [4.69, 9.17) is 0 Å². The van der Waals surface area contributed by atoms with E-state index in [1.165, 1.54) is 4.31 Å². The predicted octanol–water partition coefficient (Wildman–Crippen LogP) is 0.531. The molecule has 0 spiro atoms. The summed E-state index contributed by atoms with van der Waals surface area (Å²) in [5, 5.41) is 0. The number of piperazine rings is 1. The fourth-order valence-electron chi connectivity index (χ4n) is 3.01. The highest BCUT2D eigenvalue weighted by Crippen LogP contribution is 2.35. The molecular weight excluding hydrogens is 300 g/mol. The number of hydrogen-bond donors (Lipinski definition) is 0. The van der Waals surface area contributed by atoms with Crippen LogP contribution < -0.4 is 0 Å². The van der Waals surface area contributed by atoms with E-state index in [2.05, 4.69) is 16.8 Å². The van der Waals surface area contributed by atoms with E-state index in [0.29, 0.717) is 12.5 Å². The fraction of sp³-hybridized carbons (Fsp3) is 1.00. The Bertz CT molecular complexity index is 444. The summed E-state index contributed by atoms with van der Waals surface area (Å²) in [6.07, 6.45) is 3.22. The highest BCUT2D eigenvalue weighted by Gasteiger charge is 2.36. The molecule has 0 aromatic heterocycles. The van der Waals surface area contributed by atoms with Crippen LogP contribution in [0.4, 0.5) is 0 Å². The molecule has 0 bridgehead atoms. The fourth-order valence-corrected chi connectivity index (χ4v) is 4.40. The highest BCUT2D eigenvalue weighted by molar-refractivity contribution is 7.86. The molecule has 1 saturated heterocycles. The van der Waals surface area contributed by atoms with Crippen molar-refractivity contribution in [1.82, 2.24) is 18.4 Å². The van der Waals surface area contributed by atoms with Crippen molar-refractivity contribution in [2.45, 2.75) is 32.2 Å². The number of likely N-dealkylation sites (N-methyl/N-ethyl adjacent to an activating group) is 1. The first-order chi connectivity index (χ1) is 10.3. The van der Waals surface area contributed by atoms with Gasteiger partial charge in [0.2, 0.25) is 0 Å². The highest BCUT2D eigenvalue weighted by atomic mass is 32.2. The second kappa shape index (κ2) is 7.57. The molecular formula is C15H32N4O2S. The zero-order valence-electron chi connectivity index (χ0n) is 14.5. The van der Waals surface area contributed by atoms with Crippen molar-refractivity contribution < 1.29 is 8.42 Å². The monoisotopic (exact) mass is 332 g/mol. The smallest absolute Gasteiger partial charge is 0.281 e. The normalized spacial score (nSPS) is 23.4. The Morgan fingerprint density at radius 3 is 2.27 bits per heavy atom. The predicted molar refractivity (Wildman–Crippen MR) is 90.1 cm³/mol. The zero-order chi connectivity index (χ0) is 16.3. The second-order valence-corrected chi connectivity index (χ2v) is 9.02. The molecule has 1 aliphatic heterocycles. The van der Waals surface area contributed by atoms with Crippen LogP contribution in [-0.4, -0.2) is 93.3 Å². The SMILES string of the molecule is C[C@H](C1CC1)N(C)S(=O)(=O)N(C)CCCN1CCN(C)CC1. The van der Waals surface area contributed by atoms with Crippen molar-refractivity contribution in [2.75, 3.05) is 60.4 Å².